The van der Waals surface area contributed by atoms with Crippen molar-refractivity contribution >= 4 is 28.3 Å². The first-order valence-corrected chi connectivity index (χ1v) is 9.16. The molecule has 6 heteroatoms. The van der Waals surface area contributed by atoms with Crippen molar-refractivity contribution in [1.29, 1.82) is 0 Å². The van der Waals surface area contributed by atoms with Crippen LogP contribution in [0.15, 0.2) is 72.8 Å². The van der Waals surface area contributed by atoms with E-state index in [4.69, 9.17) is 5.21 Å². The normalized spacial score (nSPS) is 11.6. The second-order valence-corrected chi connectivity index (χ2v) is 6.46. The number of anilines is 1. The van der Waals surface area contributed by atoms with Crippen LogP contribution >= 0.6 is 0 Å². The van der Waals surface area contributed by atoms with Crippen molar-refractivity contribution in [3.63, 3.8) is 0 Å². The summed E-state index contributed by atoms with van der Waals surface area (Å²) in [5.74, 6) is -2.14. The molecule has 0 aliphatic heterocycles. The molecule has 3 aromatic carbocycles. The second-order valence-electron chi connectivity index (χ2n) is 6.46. The van der Waals surface area contributed by atoms with Crippen LogP contribution in [0.4, 0.5) is 5.69 Å². The zero-order valence-electron chi connectivity index (χ0n) is 15.4. The Morgan fingerprint density at radius 3 is 2.32 bits per heavy atom. The molecule has 2 amide bonds. The van der Waals surface area contributed by atoms with Crippen molar-refractivity contribution in [1.82, 2.24) is 10.8 Å². The molecule has 0 bridgehead atoms. The average molecular weight is 377 g/mol. The van der Waals surface area contributed by atoms with Crippen molar-refractivity contribution < 1.29 is 14.8 Å². The van der Waals surface area contributed by atoms with Crippen LogP contribution in [-0.4, -0.2) is 30.1 Å². The molecule has 0 aromatic heterocycles. The maximum atomic E-state index is 12.5. The lowest BCUT2D eigenvalue weighted by atomic mass is 9.98. The van der Waals surface area contributed by atoms with Gasteiger partial charge in [0.05, 0.1) is 0 Å². The van der Waals surface area contributed by atoms with Crippen molar-refractivity contribution in [3.8, 4) is 0 Å². The van der Waals surface area contributed by atoms with E-state index in [-0.39, 0.29) is 6.42 Å². The van der Waals surface area contributed by atoms with E-state index in [1.165, 1.54) is 0 Å². The minimum atomic E-state index is -0.995. The maximum Gasteiger partial charge on any atom is 0.256 e. The van der Waals surface area contributed by atoms with E-state index < -0.39 is 17.7 Å². The Labute approximate surface area is 163 Å². The van der Waals surface area contributed by atoms with E-state index in [1.54, 1.807) is 5.48 Å². The van der Waals surface area contributed by atoms with Crippen LogP contribution in [0.3, 0.4) is 0 Å². The summed E-state index contributed by atoms with van der Waals surface area (Å²) in [6, 6.07) is 23.3. The first kappa shape index (κ1) is 19.4. The zero-order chi connectivity index (χ0) is 19.8. The van der Waals surface area contributed by atoms with Crippen LogP contribution in [0.5, 0.6) is 0 Å². The molecule has 0 spiro atoms. The average Bonchev–Trinajstić information content (AvgIpc) is 2.75. The smallest absolute Gasteiger partial charge is 0.256 e. The van der Waals surface area contributed by atoms with Gasteiger partial charge in [-0.3, -0.25) is 14.8 Å². The minimum Gasteiger partial charge on any atom is -0.383 e. The SMILES string of the molecule is O=C(NO)C(Cc1ccccc1)C(=O)NCCNc1cccc2ccccc12. The quantitative estimate of drug-likeness (QED) is 0.210. The highest BCUT2D eigenvalue weighted by molar-refractivity contribution is 6.00. The van der Waals surface area contributed by atoms with Crippen LogP contribution in [0.25, 0.3) is 10.8 Å². The van der Waals surface area contributed by atoms with E-state index in [1.807, 2.05) is 72.8 Å². The van der Waals surface area contributed by atoms with Gasteiger partial charge in [0.25, 0.3) is 5.91 Å². The van der Waals surface area contributed by atoms with Crippen LogP contribution in [0.1, 0.15) is 5.56 Å². The van der Waals surface area contributed by atoms with Crippen molar-refractivity contribution in [2.45, 2.75) is 6.42 Å². The molecule has 144 valence electrons. The standard InChI is InChI=1S/C22H23N3O3/c26-21(19(22(27)25-28)15-16-7-2-1-3-8-16)24-14-13-23-20-12-6-10-17-9-4-5-11-18(17)20/h1-12,19,23,28H,13-15H2,(H,24,26)(H,25,27). The van der Waals surface area contributed by atoms with Crippen LogP contribution in [0, 0.1) is 5.92 Å². The van der Waals surface area contributed by atoms with E-state index >= 15 is 0 Å². The Morgan fingerprint density at radius 1 is 0.821 bits per heavy atom. The molecule has 3 aromatic rings. The zero-order valence-corrected chi connectivity index (χ0v) is 15.4. The predicted molar refractivity (Wildman–Crippen MR) is 109 cm³/mol. The summed E-state index contributed by atoms with van der Waals surface area (Å²) >= 11 is 0. The molecular weight excluding hydrogens is 354 g/mol. The third-order valence-electron chi connectivity index (χ3n) is 4.56. The van der Waals surface area contributed by atoms with Crippen LogP contribution in [0.2, 0.25) is 0 Å². The van der Waals surface area contributed by atoms with Crippen LogP contribution < -0.4 is 16.1 Å². The molecule has 0 radical (unpaired) electrons. The summed E-state index contributed by atoms with van der Waals surface area (Å²) in [4.78, 5) is 24.4. The van der Waals surface area contributed by atoms with E-state index in [0.29, 0.717) is 13.1 Å². The lowest BCUT2D eigenvalue weighted by molar-refractivity contribution is -0.140. The van der Waals surface area contributed by atoms with E-state index in [2.05, 4.69) is 10.6 Å². The van der Waals surface area contributed by atoms with Gasteiger partial charge in [-0.1, -0.05) is 66.7 Å². The van der Waals surface area contributed by atoms with Gasteiger partial charge in [0.15, 0.2) is 0 Å². The van der Waals surface area contributed by atoms with Gasteiger partial charge in [-0.15, -0.1) is 0 Å². The maximum absolute atomic E-state index is 12.5. The number of carbonyl (C=O) groups excluding carboxylic acids is 2. The number of benzene rings is 3. The number of nitrogens with one attached hydrogen (secondary N) is 3. The molecule has 3 rings (SSSR count). The van der Waals surface area contributed by atoms with Crippen molar-refractivity contribution in [2.75, 3.05) is 18.4 Å². The van der Waals surface area contributed by atoms with Gasteiger partial charge in [0, 0.05) is 24.2 Å². The minimum absolute atomic E-state index is 0.218. The van der Waals surface area contributed by atoms with Gasteiger partial charge in [-0.05, 0) is 23.4 Å². The molecule has 0 aliphatic rings. The number of hydroxylamine groups is 1. The summed E-state index contributed by atoms with van der Waals surface area (Å²) in [6.45, 7) is 0.866. The highest BCUT2D eigenvalue weighted by Crippen LogP contribution is 2.22. The number of carbonyl (C=O) groups is 2. The lowest BCUT2D eigenvalue weighted by Gasteiger charge is -2.16. The number of hydrogen-bond donors (Lipinski definition) is 4. The molecule has 0 aliphatic carbocycles. The molecule has 6 nitrogen and oxygen atoms in total. The fourth-order valence-corrected chi connectivity index (χ4v) is 3.12. The lowest BCUT2D eigenvalue weighted by Crippen LogP contribution is -2.42. The van der Waals surface area contributed by atoms with Crippen molar-refractivity contribution in [2.24, 2.45) is 5.92 Å². The largest absolute Gasteiger partial charge is 0.383 e. The topological polar surface area (TPSA) is 90.5 Å². The van der Waals surface area contributed by atoms with E-state index in [0.717, 1.165) is 22.0 Å². The number of hydrogen-bond acceptors (Lipinski definition) is 4. The number of rotatable bonds is 8. The highest BCUT2D eigenvalue weighted by atomic mass is 16.5. The van der Waals surface area contributed by atoms with Gasteiger partial charge in [0.2, 0.25) is 5.91 Å². The second kappa shape index (κ2) is 9.53. The van der Waals surface area contributed by atoms with Gasteiger partial charge >= 0.3 is 0 Å². The van der Waals surface area contributed by atoms with Gasteiger partial charge in [-0.2, -0.15) is 0 Å². The highest BCUT2D eigenvalue weighted by Gasteiger charge is 2.26. The molecule has 28 heavy (non-hydrogen) atoms. The molecular formula is C22H23N3O3. The third-order valence-corrected chi connectivity index (χ3v) is 4.56. The predicted octanol–water partition coefficient (Wildman–Crippen LogP) is 2.73. The molecule has 0 saturated carbocycles. The summed E-state index contributed by atoms with van der Waals surface area (Å²) in [7, 11) is 0. The molecule has 1 atom stereocenters. The molecule has 0 heterocycles. The monoisotopic (exact) mass is 377 g/mol. The van der Waals surface area contributed by atoms with E-state index in [9.17, 15) is 9.59 Å². The molecule has 0 saturated heterocycles. The number of amides is 2. The first-order chi connectivity index (χ1) is 13.7. The third kappa shape index (κ3) is 4.86. The Kier molecular flexibility index (Phi) is 6.59. The molecule has 4 N–H and O–H groups in total. The van der Waals surface area contributed by atoms with Crippen molar-refractivity contribution in [3.05, 3.63) is 78.4 Å². The van der Waals surface area contributed by atoms with Gasteiger partial charge in [0.1, 0.15) is 5.92 Å². The summed E-state index contributed by atoms with van der Waals surface area (Å²) in [5, 5.41) is 17.3. The summed E-state index contributed by atoms with van der Waals surface area (Å²) in [6.07, 6.45) is 0.218. The summed E-state index contributed by atoms with van der Waals surface area (Å²) in [5.41, 5.74) is 3.42. The fraction of sp³-hybridized carbons (Fsp3) is 0.182. The Hall–Kier alpha value is -3.38. The Morgan fingerprint density at radius 2 is 1.54 bits per heavy atom. The molecule has 0 fully saturated rings. The van der Waals surface area contributed by atoms with Gasteiger partial charge < -0.3 is 10.6 Å². The fourth-order valence-electron chi connectivity index (χ4n) is 3.12. The Bertz CT molecular complexity index is 939. The summed E-state index contributed by atoms with van der Waals surface area (Å²) < 4.78 is 0. The first-order valence-electron chi connectivity index (χ1n) is 9.16. The van der Waals surface area contributed by atoms with Crippen LogP contribution in [-0.2, 0) is 16.0 Å². The number of fused-ring (bicyclic) bond motifs is 1. The van der Waals surface area contributed by atoms with Gasteiger partial charge in [-0.25, -0.2) is 5.48 Å². The molecule has 1 unspecified atom stereocenters. The Balaban J connectivity index is 1.56.